The van der Waals surface area contributed by atoms with Gasteiger partial charge in [0.15, 0.2) is 0 Å². The molecule has 2 heterocycles. The number of thiazole rings is 1. The van der Waals surface area contributed by atoms with E-state index in [1.165, 1.54) is 24.0 Å². The van der Waals surface area contributed by atoms with Crippen LogP contribution < -0.4 is 10.1 Å². The van der Waals surface area contributed by atoms with Gasteiger partial charge in [-0.1, -0.05) is 42.0 Å². The Kier molecular flexibility index (Phi) is 7.22. The van der Waals surface area contributed by atoms with E-state index in [0.717, 1.165) is 40.7 Å². The van der Waals surface area contributed by atoms with Gasteiger partial charge in [0.1, 0.15) is 10.8 Å². The van der Waals surface area contributed by atoms with Crippen LogP contribution in [-0.4, -0.2) is 42.5 Å². The summed E-state index contributed by atoms with van der Waals surface area (Å²) in [5, 5.41) is 6.11. The predicted molar refractivity (Wildman–Crippen MR) is 130 cm³/mol. The second kappa shape index (κ2) is 10.3. The highest BCUT2D eigenvalue weighted by molar-refractivity contribution is 7.13. The third-order valence-corrected chi connectivity index (χ3v) is 7.00. The van der Waals surface area contributed by atoms with Crippen molar-refractivity contribution in [1.82, 2.24) is 15.2 Å². The summed E-state index contributed by atoms with van der Waals surface area (Å²) < 4.78 is 5.60. The summed E-state index contributed by atoms with van der Waals surface area (Å²) >= 11 is 1.60. The van der Waals surface area contributed by atoms with E-state index in [1.54, 1.807) is 18.4 Å². The number of likely N-dealkylation sites (tertiary alicyclic amines) is 1. The first-order valence-electron chi connectivity index (χ1n) is 11.2. The molecule has 32 heavy (non-hydrogen) atoms. The van der Waals surface area contributed by atoms with Gasteiger partial charge in [-0.05, 0) is 51.4 Å². The molecule has 1 aliphatic heterocycles. The Bertz CT molecular complexity index is 1070. The highest BCUT2D eigenvalue weighted by Gasteiger charge is 2.26. The van der Waals surface area contributed by atoms with Crippen molar-refractivity contribution in [1.29, 1.82) is 0 Å². The lowest BCUT2D eigenvalue weighted by atomic mass is 10.0. The molecule has 0 saturated carbocycles. The fourth-order valence-electron chi connectivity index (χ4n) is 4.43. The zero-order chi connectivity index (χ0) is 22.5. The predicted octanol–water partition coefficient (Wildman–Crippen LogP) is 4.93. The molecule has 4 rings (SSSR count). The number of aromatic nitrogens is 1. The molecule has 6 heteroatoms. The molecule has 0 bridgehead atoms. The Labute approximate surface area is 194 Å². The first kappa shape index (κ1) is 22.5. The highest BCUT2D eigenvalue weighted by atomic mass is 32.1. The second-order valence-electron chi connectivity index (χ2n) is 8.44. The molecule has 0 spiro atoms. The summed E-state index contributed by atoms with van der Waals surface area (Å²) in [6.45, 7) is 6.85. The van der Waals surface area contributed by atoms with Gasteiger partial charge in [0.2, 0.25) is 5.91 Å². The van der Waals surface area contributed by atoms with Crippen molar-refractivity contribution in [2.75, 3.05) is 26.7 Å². The van der Waals surface area contributed by atoms with Crippen LogP contribution in [0.4, 0.5) is 0 Å². The van der Waals surface area contributed by atoms with Gasteiger partial charge in [-0.15, -0.1) is 11.3 Å². The highest BCUT2D eigenvalue weighted by Crippen LogP contribution is 2.31. The molecule has 168 valence electrons. The molecule has 1 N–H and O–H groups in total. The number of ether oxygens (including phenoxy) is 1. The quantitative estimate of drug-likeness (QED) is 0.530. The number of hydrogen-bond donors (Lipinski definition) is 1. The van der Waals surface area contributed by atoms with E-state index in [4.69, 9.17) is 9.72 Å². The topological polar surface area (TPSA) is 54.5 Å². The number of rotatable bonds is 8. The van der Waals surface area contributed by atoms with E-state index in [-0.39, 0.29) is 11.9 Å². The smallest absolute Gasteiger partial charge is 0.226 e. The van der Waals surface area contributed by atoms with E-state index in [0.29, 0.717) is 13.0 Å². The maximum Gasteiger partial charge on any atom is 0.226 e. The van der Waals surface area contributed by atoms with Crippen LogP contribution >= 0.6 is 11.3 Å². The van der Waals surface area contributed by atoms with Crippen LogP contribution in [0.15, 0.2) is 47.8 Å². The number of aryl methyl sites for hydroxylation is 2. The number of nitrogens with zero attached hydrogens (tertiary/aromatic N) is 2. The average Bonchev–Trinajstić information content (AvgIpc) is 3.47. The van der Waals surface area contributed by atoms with E-state index < -0.39 is 0 Å². The third-order valence-electron chi connectivity index (χ3n) is 6.08. The summed E-state index contributed by atoms with van der Waals surface area (Å²) in [5.41, 5.74) is 5.53. The van der Waals surface area contributed by atoms with Crippen LogP contribution in [0.25, 0.3) is 10.6 Å². The standard InChI is InChI=1S/C26H31N3O2S/c1-18-10-11-21(19(2)14-18)26-28-20(17-32-26)15-25(30)27-16-23(29-12-6-7-13-29)22-8-4-5-9-24(22)31-3/h4-5,8-11,14,17,23H,6-7,12-13,15-16H2,1-3H3,(H,27,30)/t23-/m0/s1. The van der Waals surface area contributed by atoms with Crippen LogP contribution in [0.5, 0.6) is 5.75 Å². The van der Waals surface area contributed by atoms with Crippen molar-refractivity contribution in [2.45, 2.75) is 39.2 Å². The lowest BCUT2D eigenvalue weighted by Gasteiger charge is -2.29. The molecule has 1 aromatic heterocycles. The minimum atomic E-state index is 0.00146. The minimum Gasteiger partial charge on any atom is -0.496 e. The number of para-hydroxylation sites is 1. The van der Waals surface area contributed by atoms with Crippen molar-refractivity contribution in [3.05, 3.63) is 70.2 Å². The lowest BCUT2D eigenvalue weighted by molar-refractivity contribution is -0.120. The SMILES string of the molecule is COc1ccccc1[C@H](CNC(=O)Cc1csc(-c2ccc(C)cc2C)n1)N1CCCC1. The summed E-state index contributed by atoms with van der Waals surface area (Å²) in [5.74, 6) is 0.873. The maximum atomic E-state index is 12.8. The van der Waals surface area contributed by atoms with E-state index in [9.17, 15) is 4.79 Å². The summed E-state index contributed by atoms with van der Waals surface area (Å²) in [6, 6.07) is 14.6. The van der Waals surface area contributed by atoms with Gasteiger partial charge in [0.05, 0.1) is 25.3 Å². The lowest BCUT2D eigenvalue weighted by Crippen LogP contribution is -2.37. The Balaban J connectivity index is 1.42. The number of carbonyl (C=O) groups excluding carboxylic acids is 1. The van der Waals surface area contributed by atoms with Gasteiger partial charge in [-0.2, -0.15) is 0 Å². The maximum absolute atomic E-state index is 12.8. The van der Waals surface area contributed by atoms with Crippen molar-refractivity contribution in [3.63, 3.8) is 0 Å². The molecule has 1 saturated heterocycles. The molecular weight excluding hydrogens is 418 g/mol. The largest absolute Gasteiger partial charge is 0.496 e. The Hall–Kier alpha value is -2.70. The van der Waals surface area contributed by atoms with Gasteiger partial charge in [-0.3, -0.25) is 9.69 Å². The van der Waals surface area contributed by atoms with Crippen molar-refractivity contribution >= 4 is 17.2 Å². The minimum absolute atomic E-state index is 0.00146. The zero-order valence-corrected chi connectivity index (χ0v) is 19.9. The van der Waals surface area contributed by atoms with Crippen LogP contribution in [0.3, 0.4) is 0 Å². The zero-order valence-electron chi connectivity index (χ0n) is 19.1. The van der Waals surface area contributed by atoms with E-state index in [1.807, 2.05) is 23.6 Å². The molecule has 0 unspecified atom stereocenters. The number of carbonyl (C=O) groups is 1. The Morgan fingerprint density at radius 1 is 1.19 bits per heavy atom. The Morgan fingerprint density at radius 3 is 2.72 bits per heavy atom. The number of hydrogen-bond acceptors (Lipinski definition) is 5. The molecule has 0 aliphatic carbocycles. The van der Waals surface area contributed by atoms with Gasteiger partial charge < -0.3 is 10.1 Å². The van der Waals surface area contributed by atoms with E-state index >= 15 is 0 Å². The van der Waals surface area contributed by atoms with E-state index in [2.05, 4.69) is 48.3 Å². The second-order valence-corrected chi connectivity index (χ2v) is 9.30. The normalized spacial score (nSPS) is 15.0. The third kappa shape index (κ3) is 5.19. The fraction of sp³-hybridized carbons (Fsp3) is 0.385. The van der Waals surface area contributed by atoms with Gasteiger partial charge >= 0.3 is 0 Å². The number of nitrogens with one attached hydrogen (secondary N) is 1. The summed E-state index contributed by atoms with van der Waals surface area (Å²) in [4.78, 5) is 20.0. The van der Waals surface area contributed by atoms with Crippen LogP contribution in [0.1, 0.15) is 41.3 Å². The monoisotopic (exact) mass is 449 g/mol. The number of methoxy groups -OCH3 is 1. The van der Waals surface area contributed by atoms with Gasteiger partial charge in [0.25, 0.3) is 0 Å². The molecule has 0 radical (unpaired) electrons. The molecular formula is C26H31N3O2S. The number of benzene rings is 2. The molecule has 2 aromatic carbocycles. The summed E-state index contributed by atoms with van der Waals surface area (Å²) in [6.07, 6.45) is 2.68. The van der Waals surface area contributed by atoms with Crippen LogP contribution in [-0.2, 0) is 11.2 Å². The molecule has 3 aromatic rings. The first-order valence-corrected chi connectivity index (χ1v) is 12.1. The summed E-state index contributed by atoms with van der Waals surface area (Å²) in [7, 11) is 1.70. The van der Waals surface area contributed by atoms with Crippen molar-refractivity contribution in [3.8, 4) is 16.3 Å². The first-order chi connectivity index (χ1) is 15.5. The average molecular weight is 450 g/mol. The van der Waals surface area contributed by atoms with Crippen LogP contribution in [0, 0.1) is 13.8 Å². The number of amides is 1. The molecule has 1 fully saturated rings. The fourth-order valence-corrected chi connectivity index (χ4v) is 5.34. The van der Waals surface area contributed by atoms with Gasteiger partial charge in [0, 0.05) is 23.1 Å². The van der Waals surface area contributed by atoms with Crippen molar-refractivity contribution < 1.29 is 9.53 Å². The van der Waals surface area contributed by atoms with Crippen molar-refractivity contribution in [2.24, 2.45) is 0 Å². The van der Waals surface area contributed by atoms with Gasteiger partial charge in [-0.25, -0.2) is 4.98 Å². The van der Waals surface area contributed by atoms with Crippen LogP contribution in [0.2, 0.25) is 0 Å². The molecule has 1 amide bonds. The molecule has 1 atom stereocenters. The molecule has 1 aliphatic rings. The molecule has 5 nitrogen and oxygen atoms in total. The Morgan fingerprint density at radius 2 is 1.97 bits per heavy atom.